The number of nitrogens with one attached hydrogen (secondary N) is 1. The number of aliphatic hydroxyl groups is 1. The maximum atomic E-state index is 11.4. The molecule has 5 heteroatoms. The highest BCUT2D eigenvalue weighted by molar-refractivity contribution is 5.71. The molecule has 0 aliphatic rings. The summed E-state index contributed by atoms with van der Waals surface area (Å²) in [5.74, 6) is -1.72. The molecule has 0 aliphatic heterocycles. The number of carbonyl (C=O) groups is 1. The van der Waals surface area contributed by atoms with Crippen LogP contribution in [0.2, 0.25) is 0 Å². The molecule has 1 rings (SSSR count). The number of aliphatic carboxylic acids is 1. The third-order valence-corrected chi connectivity index (χ3v) is 3.22. The summed E-state index contributed by atoms with van der Waals surface area (Å²) in [5, 5.41) is 21.9. The van der Waals surface area contributed by atoms with Gasteiger partial charge in [0.1, 0.15) is 0 Å². The Balaban J connectivity index is 2.64. The van der Waals surface area contributed by atoms with E-state index in [2.05, 4.69) is 5.32 Å². The molecule has 0 aromatic heterocycles. The average molecular weight is 295 g/mol. The van der Waals surface area contributed by atoms with E-state index in [1.807, 2.05) is 58.0 Å². The number of hydrogen-bond acceptors (Lipinski definition) is 4. The maximum Gasteiger partial charge on any atom is 0.308 e. The molecule has 0 saturated carbocycles. The minimum Gasteiger partial charge on any atom is -0.481 e. The number of carboxylic acids is 1. The van der Waals surface area contributed by atoms with Gasteiger partial charge in [0.2, 0.25) is 6.41 Å². The largest absolute Gasteiger partial charge is 0.481 e. The van der Waals surface area contributed by atoms with E-state index < -0.39 is 23.9 Å². The van der Waals surface area contributed by atoms with Crippen molar-refractivity contribution in [3.63, 3.8) is 0 Å². The van der Waals surface area contributed by atoms with Gasteiger partial charge in [-0.25, -0.2) is 0 Å². The van der Waals surface area contributed by atoms with Crippen molar-refractivity contribution in [3.8, 4) is 0 Å². The highest BCUT2D eigenvalue weighted by Crippen LogP contribution is 2.24. The molecule has 0 bridgehead atoms. The number of rotatable bonds is 7. The minimum absolute atomic E-state index is 0.128. The Bertz CT molecular complexity index is 441. The van der Waals surface area contributed by atoms with Crippen LogP contribution in [0.4, 0.5) is 0 Å². The van der Waals surface area contributed by atoms with Crippen molar-refractivity contribution in [1.82, 2.24) is 5.32 Å². The molecule has 1 aromatic carbocycles. The predicted molar refractivity (Wildman–Crippen MR) is 80.8 cm³/mol. The molecule has 0 heterocycles. The lowest BCUT2D eigenvalue weighted by Crippen LogP contribution is -2.42. The SMILES string of the molecule is C[C@@H](c1ccccc1)[C@@H](CNC(O)OC(C)(C)C)C(=O)O. The first kappa shape index (κ1) is 17.6. The second kappa shape index (κ2) is 7.54. The first-order chi connectivity index (χ1) is 9.70. The Morgan fingerprint density at radius 2 is 1.86 bits per heavy atom. The van der Waals surface area contributed by atoms with Gasteiger partial charge in [-0.2, -0.15) is 0 Å². The van der Waals surface area contributed by atoms with Gasteiger partial charge < -0.3 is 14.9 Å². The van der Waals surface area contributed by atoms with E-state index in [0.29, 0.717) is 0 Å². The zero-order chi connectivity index (χ0) is 16.0. The van der Waals surface area contributed by atoms with Crippen molar-refractivity contribution < 1.29 is 19.7 Å². The van der Waals surface area contributed by atoms with E-state index in [-0.39, 0.29) is 12.5 Å². The van der Waals surface area contributed by atoms with Gasteiger partial charge in [-0.1, -0.05) is 37.3 Å². The molecule has 118 valence electrons. The molecule has 1 aromatic rings. The summed E-state index contributed by atoms with van der Waals surface area (Å²) in [6.07, 6.45) is -1.19. The first-order valence-corrected chi connectivity index (χ1v) is 7.07. The third kappa shape index (κ3) is 6.25. The molecule has 3 N–H and O–H groups in total. The Kier molecular flexibility index (Phi) is 6.33. The standard InChI is InChI=1S/C16H25NO4/c1-11(12-8-6-5-7-9-12)13(14(18)19)10-17-15(20)21-16(2,3)4/h5-9,11,13,15,17,20H,10H2,1-4H3,(H,18,19)/t11-,13+,15?/m0/s1. The van der Waals surface area contributed by atoms with Gasteiger partial charge in [0.15, 0.2) is 0 Å². The van der Waals surface area contributed by atoms with Crippen LogP contribution in [0.3, 0.4) is 0 Å². The first-order valence-electron chi connectivity index (χ1n) is 7.07. The summed E-state index contributed by atoms with van der Waals surface area (Å²) < 4.78 is 5.30. The Labute approximate surface area is 125 Å². The zero-order valence-corrected chi connectivity index (χ0v) is 13.0. The van der Waals surface area contributed by atoms with Crippen LogP contribution in [-0.2, 0) is 9.53 Å². The van der Waals surface area contributed by atoms with Crippen LogP contribution >= 0.6 is 0 Å². The number of ether oxygens (including phenoxy) is 1. The number of benzene rings is 1. The van der Waals surface area contributed by atoms with Crippen LogP contribution in [-0.4, -0.2) is 34.7 Å². The lowest BCUT2D eigenvalue weighted by Gasteiger charge is -2.27. The fourth-order valence-electron chi connectivity index (χ4n) is 2.07. The van der Waals surface area contributed by atoms with E-state index in [4.69, 9.17) is 4.74 Å². The van der Waals surface area contributed by atoms with Crippen molar-refractivity contribution in [2.45, 2.75) is 45.6 Å². The monoisotopic (exact) mass is 295 g/mol. The van der Waals surface area contributed by atoms with Crippen molar-refractivity contribution in [3.05, 3.63) is 35.9 Å². The van der Waals surface area contributed by atoms with E-state index >= 15 is 0 Å². The summed E-state index contributed by atoms with van der Waals surface area (Å²) >= 11 is 0. The van der Waals surface area contributed by atoms with Gasteiger partial charge in [-0.05, 0) is 32.3 Å². The summed E-state index contributed by atoms with van der Waals surface area (Å²) in [7, 11) is 0. The Morgan fingerprint density at radius 3 is 2.33 bits per heavy atom. The predicted octanol–water partition coefficient (Wildman–Crippen LogP) is 2.17. The second-order valence-electron chi connectivity index (χ2n) is 6.13. The van der Waals surface area contributed by atoms with Crippen LogP contribution in [0.1, 0.15) is 39.2 Å². The van der Waals surface area contributed by atoms with Crippen molar-refractivity contribution >= 4 is 5.97 Å². The molecule has 21 heavy (non-hydrogen) atoms. The molecule has 0 radical (unpaired) electrons. The van der Waals surface area contributed by atoms with E-state index in [9.17, 15) is 15.0 Å². The average Bonchev–Trinajstić information content (AvgIpc) is 2.37. The lowest BCUT2D eigenvalue weighted by molar-refractivity contribution is -0.183. The number of aliphatic hydroxyl groups excluding tert-OH is 1. The molecular formula is C16H25NO4. The van der Waals surface area contributed by atoms with Gasteiger partial charge in [0.05, 0.1) is 11.5 Å². The fraction of sp³-hybridized carbons (Fsp3) is 0.562. The van der Waals surface area contributed by atoms with Gasteiger partial charge in [0, 0.05) is 6.54 Å². The molecular weight excluding hydrogens is 270 g/mol. The Morgan fingerprint density at radius 1 is 1.29 bits per heavy atom. The van der Waals surface area contributed by atoms with Gasteiger partial charge in [-0.3, -0.25) is 10.1 Å². The highest BCUT2D eigenvalue weighted by Gasteiger charge is 2.27. The molecule has 0 spiro atoms. The van der Waals surface area contributed by atoms with Crippen LogP contribution in [0.5, 0.6) is 0 Å². The molecule has 1 unspecified atom stereocenters. The van der Waals surface area contributed by atoms with Crippen LogP contribution in [0.25, 0.3) is 0 Å². The highest BCUT2D eigenvalue weighted by atomic mass is 16.6. The van der Waals surface area contributed by atoms with Gasteiger partial charge >= 0.3 is 5.97 Å². The molecule has 0 amide bonds. The molecule has 0 aliphatic carbocycles. The summed E-state index contributed by atoms with van der Waals surface area (Å²) in [5.41, 5.74) is 0.453. The summed E-state index contributed by atoms with van der Waals surface area (Å²) in [4.78, 5) is 11.4. The topological polar surface area (TPSA) is 78.8 Å². The van der Waals surface area contributed by atoms with Crippen molar-refractivity contribution in [2.24, 2.45) is 5.92 Å². The third-order valence-electron chi connectivity index (χ3n) is 3.22. The Hall–Kier alpha value is -1.43. The number of carboxylic acid groups (broad SMARTS) is 1. The summed E-state index contributed by atoms with van der Waals surface area (Å²) in [6, 6.07) is 9.47. The van der Waals surface area contributed by atoms with Gasteiger partial charge in [0.25, 0.3) is 0 Å². The second-order valence-corrected chi connectivity index (χ2v) is 6.13. The normalized spacial score (nSPS) is 16.2. The van der Waals surface area contributed by atoms with Crippen molar-refractivity contribution in [2.75, 3.05) is 6.54 Å². The van der Waals surface area contributed by atoms with E-state index in [1.54, 1.807) is 0 Å². The van der Waals surface area contributed by atoms with Crippen molar-refractivity contribution in [1.29, 1.82) is 0 Å². The number of hydrogen-bond donors (Lipinski definition) is 3. The van der Waals surface area contributed by atoms with Crippen LogP contribution in [0.15, 0.2) is 30.3 Å². The molecule has 0 saturated heterocycles. The summed E-state index contributed by atoms with van der Waals surface area (Å²) in [6.45, 7) is 7.45. The van der Waals surface area contributed by atoms with Crippen LogP contribution in [0, 0.1) is 5.92 Å². The van der Waals surface area contributed by atoms with Crippen LogP contribution < -0.4 is 5.32 Å². The fourth-order valence-corrected chi connectivity index (χ4v) is 2.07. The van der Waals surface area contributed by atoms with E-state index in [1.165, 1.54) is 0 Å². The molecule has 0 fully saturated rings. The minimum atomic E-state index is -1.19. The lowest BCUT2D eigenvalue weighted by atomic mass is 9.87. The smallest absolute Gasteiger partial charge is 0.308 e. The van der Waals surface area contributed by atoms with E-state index in [0.717, 1.165) is 5.56 Å². The maximum absolute atomic E-state index is 11.4. The quantitative estimate of drug-likeness (QED) is 0.672. The molecule has 3 atom stereocenters. The zero-order valence-electron chi connectivity index (χ0n) is 13.0. The molecule has 5 nitrogen and oxygen atoms in total. The van der Waals surface area contributed by atoms with Gasteiger partial charge in [-0.15, -0.1) is 0 Å².